The van der Waals surface area contributed by atoms with E-state index in [1.807, 2.05) is 11.8 Å². The number of carbonyl (C=O) groups is 2. The number of hydrogen-bond donors (Lipinski definition) is 1. The Bertz CT molecular complexity index is 275. The number of likely N-dealkylation sites (tertiary alicyclic amines) is 1. The van der Waals surface area contributed by atoms with Gasteiger partial charge in [-0.1, -0.05) is 26.2 Å². The van der Waals surface area contributed by atoms with Gasteiger partial charge in [-0.05, 0) is 12.8 Å². The zero-order valence-electron chi connectivity index (χ0n) is 11.1. The van der Waals surface area contributed by atoms with Crippen molar-refractivity contribution >= 4 is 23.6 Å². The van der Waals surface area contributed by atoms with Gasteiger partial charge in [0, 0.05) is 18.3 Å². The van der Waals surface area contributed by atoms with Crippen molar-refractivity contribution in [2.24, 2.45) is 0 Å². The lowest BCUT2D eigenvalue weighted by Gasteiger charge is -2.25. The number of aliphatic carboxylic acids is 1. The van der Waals surface area contributed by atoms with Gasteiger partial charge in [0.2, 0.25) is 5.91 Å². The maximum Gasteiger partial charge on any atom is 0.304 e. The summed E-state index contributed by atoms with van der Waals surface area (Å²) in [6.45, 7) is 3.60. The van der Waals surface area contributed by atoms with Crippen molar-refractivity contribution in [1.82, 2.24) is 4.90 Å². The molecule has 18 heavy (non-hydrogen) atoms. The Hall–Kier alpha value is -0.710. The van der Waals surface area contributed by atoms with Crippen LogP contribution in [0.5, 0.6) is 0 Å². The summed E-state index contributed by atoms with van der Waals surface area (Å²) >= 11 is 1.45. The third kappa shape index (κ3) is 6.28. The predicted molar refractivity (Wildman–Crippen MR) is 73.8 cm³/mol. The van der Waals surface area contributed by atoms with Gasteiger partial charge >= 0.3 is 5.97 Å². The predicted octanol–water partition coefficient (Wildman–Crippen LogP) is 2.38. The number of amides is 1. The van der Waals surface area contributed by atoms with Gasteiger partial charge in [-0.15, -0.1) is 11.8 Å². The van der Waals surface area contributed by atoms with Crippen LogP contribution in [0.1, 0.15) is 45.4 Å². The molecular weight excluding hydrogens is 250 g/mol. The molecule has 0 bridgehead atoms. The first-order valence-electron chi connectivity index (χ1n) is 6.71. The lowest BCUT2D eigenvalue weighted by atomic mass is 10.1. The van der Waals surface area contributed by atoms with Crippen molar-refractivity contribution in [2.75, 3.05) is 18.8 Å². The number of carboxylic acid groups (broad SMARTS) is 1. The Kier molecular flexibility index (Phi) is 7.16. The molecule has 0 spiro atoms. The van der Waals surface area contributed by atoms with Gasteiger partial charge in [0.15, 0.2) is 0 Å². The van der Waals surface area contributed by atoms with Gasteiger partial charge in [-0.25, -0.2) is 0 Å². The SMILES string of the molecule is CC(CC(=O)O)SCC(=O)N1CCCCCCC1. The van der Waals surface area contributed by atoms with Crippen LogP contribution in [0.25, 0.3) is 0 Å². The Balaban J connectivity index is 2.27. The lowest BCUT2D eigenvalue weighted by molar-refractivity contribution is -0.137. The van der Waals surface area contributed by atoms with Crippen LogP contribution in [-0.4, -0.2) is 46.0 Å². The molecule has 1 heterocycles. The molecule has 0 radical (unpaired) electrons. The number of thioether (sulfide) groups is 1. The van der Waals surface area contributed by atoms with Crippen LogP contribution in [0, 0.1) is 0 Å². The van der Waals surface area contributed by atoms with Crippen LogP contribution in [0.2, 0.25) is 0 Å². The maximum absolute atomic E-state index is 12.0. The minimum Gasteiger partial charge on any atom is -0.481 e. The summed E-state index contributed by atoms with van der Waals surface area (Å²) in [5, 5.41) is 8.66. The standard InChI is InChI=1S/C13H23NO3S/c1-11(9-13(16)17)18-10-12(15)14-7-5-3-2-4-6-8-14/h11H,2-10H2,1H3,(H,16,17). The van der Waals surface area contributed by atoms with Crippen molar-refractivity contribution in [3.8, 4) is 0 Å². The summed E-state index contributed by atoms with van der Waals surface area (Å²) in [4.78, 5) is 24.5. The van der Waals surface area contributed by atoms with Gasteiger partial charge < -0.3 is 10.0 Å². The van der Waals surface area contributed by atoms with Crippen molar-refractivity contribution in [3.05, 3.63) is 0 Å². The molecule has 0 aromatic rings. The van der Waals surface area contributed by atoms with E-state index in [2.05, 4.69) is 0 Å². The number of nitrogens with zero attached hydrogens (tertiary/aromatic N) is 1. The van der Waals surface area contributed by atoms with Crippen molar-refractivity contribution < 1.29 is 14.7 Å². The molecule has 1 fully saturated rings. The molecule has 5 heteroatoms. The Morgan fingerprint density at radius 1 is 1.17 bits per heavy atom. The molecule has 1 aliphatic heterocycles. The molecule has 1 N–H and O–H groups in total. The van der Waals surface area contributed by atoms with Gasteiger partial charge in [-0.3, -0.25) is 9.59 Å². The molecule has 1 amide bonds. The van der Waals surface area contributed by atoms with E-state index in [9.17, 15) is 9.59 Å². The van der Waals surface area contributed by atoms with Crippen LogP contribution in [0.4, 0.5) is 0 Å². The topological polar surface area (TPSA) is 57.6 Å². The zero-order valence-corrected chi connectivity index (χ0v) is 11.9. The Morgan fingerprint density at radius 2 is 1.72 bits per heavy atom. The fourth-order valence-electron chi connectivity index (χ4n) is 2.11. The molecule has 0 aromatic heterocycles. The second-order valence-corrected chi connectivity index (χ2v) is 6.29. The average molecular weight is 273 g/mol. The lowest BCUT2D eigenvalue weighted by Crippen LogP contribution is -2.35. The van der Waals surface area contributed by atoms with E-state index in [4.69, 9.17) is 5.11 Å². The van der Waals surface area contributed by atoms with Crippen LogP contribution in [-0.2, 0) is 9.59 Å². The number of carbonyl (C=O) groups excluding carboxylic acids is 1. The van der Waals surface area contributed by atoms with Crippen molar-refractivity contribution in [3.63, 3.8) is 0 Å². The minimum atomic E-state index is -0.797. The van der Waals surface area contributed by atoms with Crippen LogP contribution in [0.15, 0.2) is 0 Å². The first-order chi connectivity index (χ1) is 8.59. The largest absolute Gasteiger partial charge is 0.481 e. The van der Waals surface area contributed by atoms with E-state index in [1.165, 1.54) is 31.0 Å². The minimum absolute atomic E-state index is 0.00112. The highest BCUT2D eigenvalue weighted by molar-refractivity contribution is 8.00. The van der Waals surface area contributed by atoms with Gasteiger partial charge in [-0.2, -0.15) is 0 Å². The molecule has 1 aliphatic rings. The summed E-state index contributed by atoms with van der Waals surface area (Å²) in [6, 6.07) is 0. The number of carboxylic acids is 1. The van der Waals surface area contributed by atoms with Crippen LogP contribution < -0.4 is 0 Å². The van der Waals surface area contributed by atoms with E-state index in [-0.39, 0.29) is 17.6 Å². The van der Waals surface area contributed by atoms with Gasteiger partial charge in [0.25, 0.3) is 0 Å². The number of rotatable bonds is 5. The molecule has 104 valence electrons. The quantitative estimate of drug-likeness (QED) is 0.835. The van der Waals surface area contributed by atoms with E-state index in [1.54, 1.807) is 0 Å². The van der Waals surface area contributed by atoms with E-state index < -0.39 is 5.97 Å². The second kappa shape index (κ2) is 8.40. The molecule has 0 aromatic carbocycles. The summed E-state index contributed by atoms with van der Waals surface area (Å²) in [7, 11) is 0. The second-order valence-electron chi connectivity index (χ2n) is 4.87. The third-order valence-corrected chi connectivity index (χ3v) is 4.31. The highest BCUT2D eigenvalue weighted by Crippen LogP contribution is 2.16. The Morgan fingerprint density at radius 3 is 2.28 bits per heavy atom. The van der Waals surface area contributed by atoms with Crippen molar-refractivity contribution in [2.45, 2.75) is 50.7 Å². The summed E-state index contributed by atoms with van der Waals surface area (Å²) in [5.74, 6) is -0.220. The van der Waals surface area contributed by atoms with E-state index in [0.717, 1.165) is 25.9 Å². The fraction of sp³-hybridized carbons (Fsp3) is 0.846. The van der Waals surface area contributed by atoms with E-state index in [0.29, 0.717) is 5.75 Å². The molecule has 1 saturated heterocycles. The number of hydrogen-bond acceptors (Lipinski definition) is 3. The fourth-order valence-corrected chi connectivity index (χ4v) is 2.98. The van der Waals surface area contributed by atoms with Gasteiger partial charge in [0.1, 0.15) is 0 Å². The van der Waals surface area contributed by atoms with Crippen LogP contribution >= 0.6 is 11.8 Å². The van der Waals surface area contributed by atoms with E-state index >= 15 is 0 Å². The molecule has 1 rings (SSSR count). The Labute approximate surface area is 113 Å². The zero-order chi connectivity index (χ0) is 13.4. The monoisotopic (exact) mass is 273 g/mol. The molecule has 4 nitrogen and oxygen atoms in total. The van der Waals surface area contributed by atoms with Crippen LogP contribution in [0.3, 0.4) is 0 Å². The highest BCUT2D eigenvalue weighted by Gasteiger charge is 2.16. The highest BCUT2D eigenvalue weighted by atomic mass is 32.2. The first kappa shape index (κ1) is 15.3. The summed E-state index contributed by atoms with van der Waals surface area (Å²) in [5.41, 5.74) is 0. The molecular formula is C13H23NO3S. The summed E-state index contributed by atoms with van der Waals surface area (Å²) in [6.07, 6.45) is 6.03. The molecule has 1 atom stereocenters. The molecule has 0 saturated carbocycles. The molecule has 1 unspecified atom stereocenters. The third-order valence-electron chi connectivity index (χ3n) is 3.16. The first-order valence-corrected chi connectivity index (χ1v) is 7.75. The normalized spacial score (nSPS) is 18.8. The molecule has 0 aliphatic carbocycles. The summed E-state index contributed by atoms with van der Waals surface area (Å²) < 4.78 is 0. The average Bonchev–Trinajstić information content (AvgIpc) is 2.24. The maximum atomic E-state index is 12.0. The van der Waals surface area contributed by atoms with Crippen molar-refractivity contribution in [1.29, 1.82) is 0 Å². The smallest absolute Gasteiger partial charge is 0.304 e. The van der Waals surface area contributed by atoms with Gasteiger partial charge in [0.05, 0.1) is 12.2 Å².